The zero-order valence-corrected chi connectivity index (χ0v) is 18.4. The van der Waals surface area contributed by atoms with Gasteiger partial charge < -0.3 is 14.6 Å². The molecule has 3 aromatic rings. The molecule has 1 saturated heterocycles. The first-order valence-corrected chi connectivity index (χ1v) is 10.7. The smallest absolute Gasteiger partial charge is 0.300 e. The summed E-state index contributed by atoms with van der Waals surface area (Å²) >= 11 is 0. The van der Waals surface area contributed by atoms with Gasteiger partial charge in [0.05, 0.1) is 30.4 Å². The van der Waals surface area contributed by atoms with Gasteiger partial charge in [0.2, 0.25) is 0 Å². The van der Waals surface area contributed by atoms with Crippen molar-refractivity contribution in [2.45, 2.75) is 19.9 Å². The van der Waals surface area contributed by atoms with E-state index in [0.717, 1.165) is 0 Å². The van der Waals surface area contributed by atoms with E-state index in [1.165, 1.54) is 4.90 Å². The van der Waals surface area contributed by atoms with Gasteiger partial charge in [0.25, 0.3) is 11.7 Å². The summed E-state index contributed by atoms with van der Waals surface area (Å²) in [5, 5.41) is 11.4. The molecule has 1 unspecified atom stereocenters. The van der Waals surface area contributed by atoms with Gasteiger partial charge in [-0.3, -0.25) is 19.5 Å². The van der Waals surface area contributed by atoms with E-state index in [1.54, 1.807) is 67.0 Å². The molecule has 0 aliphatic carbocycles. The first-order valence-electron chi connectivity index (χ1n) is 10.7. The largest absolute Gasteiger partial charge is 0.507 e. The monoisotopic (exact) mass is 444 g/mol. The number of amides is 1. The molecule has 1 aliphatic heterocycles. The topological polar surface area (TPSA) is 89.0 Å². The lowest BCUT2D eigenvalue weighted by molar-refractivity contribution is -0.132. The molecule has 1 aromatic heterocycles. The number of aliphatic hydroxyl groups is 1. The van der Waals surface area contributed by atoms with E-state index in [2.05, 4.69) is 4.98 Å². The summed E-state index contributed by atoms with van der Waals surface area (Å²) in [6, 6.07) is 16.5. The van der Waals surface area contributed by atoms with Gasteiger partial charge in [0, 0.05) is 24.1 Å². The van der Waals surface area contributed by atoms with Gasteiger partial charge in [-0.05, 0) is 55.8 Å². The molecule has 2 heterocycles. The molecule has 1 N–H and O–H groups in total. The van der Waals surface area contributed by atoms with Crippen molar-refractivity contribution < 1.29 is 24.2 Å². The maximum absolute atomic E-state index is 13.2. The Kier molecular flexibility index (Phi) is 6.40. The molecule has 7 heteroatoms. The van der Waals surface area contributed by atoms with Crippen molar-refractivity contribution in [1.29, 1.82) is 0 Å². The van der Waals surface area contributed by atoms with Crippen LogP contribution in [-0.2, 0) is 9.59 Å². The highest BCUT2D eigenvalue weighted by Crippen LogP contribution is 2.43. The lowest BCUT2D eigenvalue weighted by atomic mass is 9.95. The van der Waals surface area contributed by atoms with Crippen LogP contribution in [0.25, 0.3) is 5.76 Å². The van der Waals surface area contributed by atoms with Crippen LogP contribution in [-0.4, -0.2) is 35.0 Å². The van der Waals surface area contributed by atoms with Crippen molar-refractivity contribution in [1.82, 2.24) is 4.98 Å². The van der Waals surface area contributed by atoms with Crippen molar-refractivity contribution in [3.05, 3.63) is 89.8 Å². The molecule has 0 bridgehead atoms. The van der Waals surface area contributed by atoms with E-state index in [-0.39, 0.29) is 11.3 Å². The lowest BCUT2D eigenvalue weighted by Crippen LogP contribution is -2.29. The van der Waals surface area contributed by atoms with Gasteiger partial charge in [-0.2, -0.15) is 0 Å². The Morgan fingerprint density at radius 1 is 0.970 bits per heavy atom. The van der Waals surface area contributed by atoms with E-state index in [9.17, 15) is 14.7 Å². The molecule has 33 heavy (non-hydrogen) atoms. The van der Waals surface area contributed by atoms with Crippen LogP contribution in [0.15, 0.2) is 78.6 Å². The fourth-order valence-corrected chi connectivity index (χ4v) is 3.92. The van der Waals surface area contributed by atoms with Gasteiger partial charge in [-0.15, -0.1) is 0 Å². The number of para-hydroxylation sites is 1. The highest BCUT2D eigenvalue weighted by molar-refractivity contribution is 6.51. The van der Waals surface area contributed by atoms with Gasteiger partial charge in [-0.25, -0.2) is 0 Å². The minimum absolute atomic E-state index is 0.0137. The fraction of sp³-hybridized carbons (Fsp3) is 0.192. The first-order chi connectivity index (χ1) is 16.1. The van der Waals surface area contributed by atoms with E-state index >= 15 is 0 Å². The average molecular weight is 444 g/mol. The van der Waals surface area contributed by atoms with Gasteiger partial charge in [-0.1, -0.05) is 18.2 Å². The predicted octanol–water partition coefficient (Wildman–Crippen LogP) is 4.51. The number of anilines is 1. The first kappa shape index (κ1) is 22.1. The minimum Gasteiger partial charge on any atom is -0.507 e. The molecule has 7 nitrogen and oxygen atoms in total. The van der Waals surface area contributed by atoms with Crippen LogP contribution in [0.3, 0.4) is 0 Å². The third-order valence-electron chi connectivity index (χ3n) is 5.32. The maximum Gasteiger partial charge on any atom is 0.300 e. The fourth-order valence-electron chi connectivity index (χ4n) is 3.92. The molecule has 1 fully saturated rings. The molecule has 1 atom stereocenters. The number of carbonyl (C=O) groups is 2. The Morgan fingerprint density at radius 2 is 1.67 bits per heavy atom. The van der Waals surface area contributed by atoms with E-state index < -0.39 is 17.7 Å². The molecule has 0 saturated carbocycles. The maximum atomic E-state index is 13.2. The van der Waals surface area contributed by atoms with Crippen LogP contribution < -0.4 is 14.4 Å². The number of aromatic nitrogens is 1. The number of hydrogen-bond donors (Lipinski definition) is 1. The second-order valence-corrected chi connectivity index (χ2v) is 7.31. The second-order valence-electron chi connectivity index (χ2n) is 7.31. The molecular formula is C26H24N2O5. The number of pyridine rings is 1. The molecule has 0 radical (unpaired) electrons. The molecule has 1 aliphatic rings. The normalized spacial score (nSPS) is 17.3. The van der Waals surface area contributed by atoms with Crippen molar-refractivity contribution in [3.8, 4) is 11.5 Å². The number of ether oxygens (including phenoxy) is 2. The van der Waals surface area contributed by atoms with Crippen molar-refractivity contribution in [3.63, 3.8) is 0 Å². The highest BCUT2D eigenvalue weighted by atomic mass is 16.5. The minimum atomic E-state index is -0.823. The summed E-state index contributed by atoms with van der Waals surface area (Å²) < 4.78 is 11.3. The van der Waals surface area contributed by atoms with Crippen LogP contribution in [0.5, 0.6) is 11.5 Å². The summed E-state index contributed by atoms with van der Waals surface area (Å²) in [6.07, 6.45) is 3.17. The van der Waals surface area contributed by atoms with Gasteiger partial charge in [0.15, 0.2) is 0 Å². The average Bonchev–Trinajstić information content (AvgIpc) is 3.11. The summed E-state index contributed by atoms with van der Waals surface area (Å²) in [5.41, 5.74) is 1.50. The van der Waals surface area contributed by atoms with Crippen molar-refractivity contribution in [2.24, 2.45) is 0 Å². The summed E-state index contributed by atoms with van der Waals surface area (Å²) in [6.45, 7) is 4.51. The number of nitrogens with zero attached hydrogens (tertiary/aromatic N) is 2. The van der Waals surface area contributed by atoms with Crippen LogP contribution >= 0.6 is 0 Å². The molecule has 4 rings (SSSR count). The molecular weight excluding hydrogens is 420 g/mol. The Bertz CT molecular complexity index is 1190. The van der Waals surface area contributed by atoms with Gasteiger partial charge in [0.1, 0.15) is 17.3 Å². The van der Waals surface area contributed by atoms with E-state index in [0.29, 0.717) is 41.5 Å². The quantitative estimate of drug-likeness (QED) is 0.328. The number of rotatable bonds is 7. The van der Waals surface area contributed by atoms with Crippen LogP contribution in [0.4, 0.5) is 5.69 Å². The zero-order chi connectivity index (χ0) is 23.4. The zero-order valence-electron chi connectivity index (χ0n) is 18.4. The lowest BCUT2D eigenvalue weighted by Gasteiger charge is -2.25. The number of aliphatic hydroxyl groups excluding tert-OH is 1. The Morgan fingerprint density at radius 3 is 2.33 bits per heavy atom. The number of carbonyl (C=O) groups excluding carboxylic acids is 2. The Balaban J connectivity index is 1.92. The molecule has 2 aromatic carbocycles. The summed E-state index contributed by atoms with van der Waals surface area (Å²) in [4.78, 5) is 31.8. The van der Waals surface area contributed by atoms with Gasteiger partial charge >= 0.3 is 0 Å². The SMILES string of the molecule is CCOc1ccc(/C(O)=C2/C(=O)C(=O)N(c3ccccc3)C2c2ccncc2)c(OCC)c1. The van der Waals surface area contributed by atoms with E-state index in [1.807, 2.05) is 19.9 Å². The number of benzene rings is 2. The second kappa shape index (κ2) is 9.56. The number of hydrogen-bond acceptors (Lipinski definition) is 6. The van der Waals surface area contributed by atoms with Crippen LogP contribution in [0.1, 0.15) is 31.0 Å². The predicted molar refractivity (Wildman–Crippen MR) is 124 cm³/mol. The third kappa shape index (κ3) is 4.17. The Hall–Kier alpha value is -4.13. The number of ketones is 1. The van der Waals surface area contributed by atoms with Crippen molar-refractivity contribution in [2.75, 3.05) is 18.1 Å². The van der Waals surface area contributed by atoms with Crippen LogP contribution in [0.2, 0.25) is 0 Å². The highest BCUT2D eigenvalue weighted by Gasteiger charge is 2.47. The molecule has 0 spiro atoms. The standard InChI is InChI=1S/C26H24N2O5/c1-3-32-19-10-11-20(21(16-19)33-4-2)24(29)22-23(17-12-14-27-15-13-17)28(26(31)25(22)30)18-8-6-5-7-9-18/h5-16,23,29H,3-4H2,1-2H3/b24-22-. The van der Waals surface area contributed by atoms with E-state index in [4.69, 9.17) is 9.47 Å². The molecule has 168 valence electrons. The number of Topliss-reactive ketones (excluding diaryl/α,β-unsaturated/α-hetero) is 1. The third-order valence-corrected chi connectivity index (χ3v) is 5.32. The van der Waals surface area contributed by atoms with Crippen LogP contribution in [0, 0.1) is 0 Å². The van der Waals surface area contributed by atoms with Crippen molar-refractivity contribution >= 4 is 23.1 Å². The summed E-state index contributed by atoms with van der Waals surface area (Å²) in [7, 11) is 0. The molecule has 1 amide bonds. The Labute approximate surface area is 191 Å². The summed E-state index contributed by atoms with van der Waals surface area (Å²) in [5.74, 6) is -0.851.